The molecule has 0 unspecified atom stereocenters. The molecule has 1 fully saturated rings. The summed E-state index contributed by atoms with van der Waals surface area (Å²) in [6.45, 7) is 8.38. The molecule has 0 spiro atoms. The van der Waals surface area contributed by atoms with Gasteiger partial charge >= 0.3 is 13.1 Å². The van der Waals surface area contributed by atoms with Crippen LogP contribution in [0.25, 0.3) is 6.08 Å². The Kier molecular flexibility index (Phi) is 5.71. The van der Waals surface area contributed by atoms with Crippen LogP contribution in [-0.4, -0.2) is 43.0 Å². The Hall–Kier alpha value is -1.70. The first kappa shape index (κ1) is 19.6. The highest BCUT2D eigenvalue weighted by atomic mass is 19.1. The van der Waals surface area contributed by atoms with Crippen LogP contribution in [0.3, 0.4) is 0 Å². The highest BCUT2D eigenvalue weighted by Gasteiger charge is 2.52. The Labute approximate surface area is 148 Å². The zero-order valence-corrected chi connectivity index (χ0v) is 15.4. The van der Waals surface area contributed by atoms with Crippen LogP contribution in [0.4, 0.5) is 4.39 Å². The van der Waals surface area contributed by atoms with Crippen LogP contribution in [0.2, 0.25) is 0 Å². The van der Waals surface area contributed by atoms with Crippen LogP contribution in [0.1, 0.15) is 38.8 Å². The van der Waals surface area contributed by atoms with E-state index in [-0.39, 0.29) is 6.42 Å². The summed E-state index contributed by atoms with van der Waals surface area (Å²) in [6.07, 6.45) is 1.57. The smallest absolute Gasteiger partial charge is 0.481 e. The Morgan fingerprint density at radius 2 is 1.88 bits per heavy atom. The number of hydrogen-bond donors (Lipinski definition) is 2. The lowest BCUT2D eigenvalue weighted by molar-refractivity contribution is -0.136. The number of rotatable bonds is 6. The highest BCUT2D eigenvalue weighted by Crippen LogP contribution is 2.38. The Morgan fingerprint density at radius 1 is 1.28 bits per heavy atom. The third-order valence-electron chi connectivity index (χ3n) is 4.72. The quantitative estimate of drug-likeness (QED) is 0.773. The molecular weight excluding hydrogens is 324 g/mol. The van der Waals surface area contributed by atoms with E-state index in [1.54, 1.807) is 6.07 Å². The number of nitrogens with one attached hydrogen (secondary N) is 1. The van der Waals surface area contributed by atoms with E-state index in [0.717, 1.165) is 5.47 Å². The van der Waals surface area contributed by atoms with Gasteiger partial charge in [-0.15, -0.1) is 0 Å². The second-order valence-electron chi connectivity index (χ2n) is 7.25. The van der Waals surface area contributed by atoms with Crippen molar-refractivity contribution in [2.24, 2.45) is 0 Å². The molecule has 136 valence electrons. The van der Waals surface area contributed by atoms with Gasteiger partial charge in [0.05, 0.1) is 17.6 Å². The maximum atomic E-state index is 13.5. The van der Waals surface area contributed by atoms with E-state index in [1.165, 1.54) is 12.1 Å². The highest BCUT2D eigenvalue weighted by molar-refractivity contribution is 6.56. The molecule has 0 bridgehead atoms. The van der Waals surface area contributed by atoms with Crippen LogP contribution in [0.15, 0.2) is 23.7 Å². The number of carbonyl (C=O) groups is 1. The third kappa shape index (κ3) is 4.48. The number of likely N-dealkylation sites (N-methyl/N-ethyl adjacent to an activating group) is 1. The summed E-state index contributed by atoms with van der Waals surface area (Å²) in [5.41, 5.74) is 0.926. The van der Waals surface area contributed by atoms with Crippen molar-refractivity contribution in [1.29, 1.82) is 0 Å². The van der Waals surface area contributed by atoms with Crippen molar-refractivity contribution in [2.75, 3.05) is 13.6 Å². The molecule has 0 aromatic heterocycles. The second-order valence-corrected chi connectivity index (χ2v) is 7.25. The first-order chi connectivity index (χ1) is 11.6. The van der Waals surface area contributed by atoms with E-state index in [2.05, 4.69) is 5.32 Å². The number of halogens is 1. The van der Waals surface area contributed by atoms with Crippen LogP contribution in [-0.2, 0) is 20.5 Å². The number of aliphatic carboxylic acids is 1. The molecule has 0 aliphatic carbocycles. The fraction of sp³-hybridized carbons (Fsp3) is 0.500. The number of hydrogen-bond acceptors (Lipinski definition) is 4. The minimum atomic E-state index is -1.01. The molecule has 25 heavy (non-hydrogen) atoms. The van der Waals surface area contributed by atoms with Crippen molar-refractivity contribution in [2.45, 2.75) is 45.3 Å². The molecule has 0 radical (unpaired) electrons. The van der Waals surface area contributed by atoms with Gasteiger partial charge in [-0.2, -0.15) is 0 Å². The largest absolute Gasteiger partial charge is 0.491 e. The summed E-state index contributed by atoms with van der Waals surface area (Å²) < 4.78 is 25.7. The van der Waals surface area contributed by atoms with E-state index < -0.39 is 30.1 Å². The second kappa shape index (κ2) is 7.27. The van der Waals surface area contributed by atoms with Crippen molar-refractivity contribution in [1.82, 2.24) is 5.32 Å². The van der Waals surface area contributed by atoms with E-state index in [1.807, 2.05) is 40.8 Å². The molecule has 2 N–H and O–H groups in total. The number of carboxylic acid groups (broad SMARTS) is 1. The molecule has 1 aliphatic heterocycles. The molecule has 5 nitrogen and oxygen atoms in total. The van der Waals surface area contributed by atoms with Crippen LogP contribution in [0.5, 0.6) is 0 Å². The van der Waals surface area contributed by atoms with Gasteiger partial charge in [0.25, 0.3) is 0 Å². The molecular formula is C18H25BFNO4. The molecule has 2 rings (SSSR count). The third-order valence-corrected chi connectivity index (χ3v) is 4.72. The fourth-order valence-electron chi connectivity index (χ4n) is 2.63. The fourth-order valence-corrected chi connectivity index (χ4v) is 2.63. The molecule has 1 heterocycles. The van der Waals surface area contributed by atoms with Gasteiger partial charge in [-0.05, 0) is 63.5 Å². The zero-order chi connectivity index (χ0) is 18.8. The van der Waals surface area contributed by atoms with Gasteiger partial charge < -0.3 is 19.7 Å². The molecule has 1 aromatic carbocycles. The summed E-state index contributed by atoms with van der Waals surface area (Å²) >= 11 is 0. The first-order valence-corrected chi connectivity index (χ1v) is 8.26. The topological polar surface area (TPSA) is 67.8 Å². The van der Waals surface area contributed by atoms with E-state index >= 15 is 0 Å². The van der Waals surface area contributed by atoms with Crippen molar-refractivity contribution in [3.63, 3.8) is 0 Å². The monoisotopic (exact) mass is 349 g/mol. The van der Waals surface area contributed by atoms with Crippen molar-refractivity contribution >= 4 is 19.2 Å². The Bertz CT molecular complexity index is 672. The summed E-state index contributed by atoms with van der Waals surface area (Å²) in [5, 5.41) is 12.1. The minimum absolute atomic E-state index is 0.250. The predicted molar refractivity (Wildman–Crippen MR) is 95.7 cm³/mol. The lowest BCUT2D eigenvalue weighted by Gasteiger charge is -2.32. The van der Waals surface area contributed by atoms with E-state index in [9.17, 15) is 9.18 Å². The van der Waals surface area contributed by atoms with Gasteiger partial charge in [-0.3, -0.25) is 4.79 Å². The molecule has 1 saturated heterocycles. The summed E-state index contributed by atoms with van der Waals surface area (Å²) in [7, 11) is 1.25. The van der Waals surface area contributed by atoms with Gasteiger partial charge in [0.15, 0.2) is 0 Å². The molecule has 0 saturated carbocycles. The SMILES string of the molecule is CNCC(=Cc1ccc(F)cc1CC(=O)O)B1OC(C)(C)C(C)(C)O1. The van der Waals surface area contributed by atoms with Gasteiger partial charge in [0.1, 0.15) is 5.82 Å². The number of benzene rings is 1. The molecule has 7 heteroatoms. The van der Waals surface area contributed by atoms with Crippen molar-refractivity contribution in [3.05, 3.63) is 40.6 Å². The summed E-state index contributed by atoms with van der Waals surface area (Å²) in [5.74, 6) is -1.47. The van der Waals surface area contributed by atoms with Crippen LogP contribution < -0.4 is 5.32 Å². The Balaban J connectivity index is 2.40. The van der Waals surface area contributed by atoms with Gasteiger partial charge in [-0.25, -0.2) is 4.39 Å². The van der Waals surface area contributed by atoms with E-state index in [0.29, 0.717) is 17.7 Å². The van der Waals surface area contributed by atoms with Crippen LogP contribution >= 0.6 is 0 Å². The standard InChI is InChI=1S/C18H25BFNO4/c1-17(2)18(3,4)25-19(24-17)14(11-21-5)8-12-6-7-15(20)9-13(12)10-16(22)23/h6-9,21H,10-11H2,1-5H3,(H,22,23). The molecule has 0 amide bonds. The summed E-state index contributed by atoms with van der Waals surface area (Å²) in [6, 6.07) is 4.15. The minimum Gasteiger partial charge on any atom is -0.481 e. The lowest BCUT2D eigenvalue weighted by Crippen LogP contribution is -2.41. The zero-order valence-electron chi connectivity index (χ0n) is 15.4. The summed E-state index contributed by atoms with van der Waals surface area (Å²) in [4.78, 5) is 11.1. The van der Waals surface area contributed by atoms with Gasteiger partial charge in [0, 0.05) is 6.54 Å². The average Bonchev–Trinajstić information content (AvgIpc) is 2.69. The predicted octanol–water partition coefficient (Wildman–Crippen LogP) is 2.69. The molecule has 1 aromatic rings. The Morgan fingerprint density at radius 3 is 2.40 bits per heavy atom. The molecule has 1 aliphatic rings. The van der Waals surface area contributed by atoms with Crippen LogP contribution in [0, 0.1) is 5.82 Å². The van der Waals surface area contributed by atoms with E-state index in [4.69, 9.17) is 14.4 Å². The number of carboxylic acids is 1. The normalized spacial score (nSPS) is 19.3. The lowest BCUT2D eigenvalue weighted by atomic mass is 9.76. The first-order valence-electron chi connectivity index (χ1n) is 8.26. The maximum Gasteiger partial charge on any atom is 0.491 e. The molecule has 0 atom stereocenters. The van der Waals surface area contributed by atoms with Gasteiger partial charge in [0.2, 0.25) is 0 Å². The van der Waals surface area contributed by atoms with Gasteiger partial charge in [-0.1, -0.05) is 12.1 Å². The van der Waals surface area contributed by atoms with Crippen molar-refractivity contribution < 1.29 is 23.6 Å². The maximum absolute atomic E-state index is 13.5. The average molecular weight is 349 g/mol. The van der Waals surface area contributed by atoms with Crippen molar-refractivity contribution in [3.8, 4) is 0 Å².